The van der Waals surface area contributed by atoms with Gasteiger partial charge in [0.15, 0.2) is 0 Å². The van der Waals surface area contributed by atoms with Gasteiger partial charge >= 0.3 is 0 Å². The van der Waals surface area contributed by atoms with Crippen molar-refractivity contribution in [2.24, 2.45) is 0 Å². The molecule has 1 heterocycles. The summed E-state index contributed by atoms with van der Waals surface area (Å²) in [6.07, 6.45) is 0.0808. The first-order valence-electron chi connectivity index (χ1n) is 6.44. The summed E-state index contributed by atoms with van der Waals surface area (Å²) in [6.45, 7) is 1.33. The van der Waals surface area contributed by atoms with Crippen molar-refractivity contribution in [2.75, 3.05) is 18.0 Å². The van der Waals surface area contributed by atoms with Gasteiger partial charge in [0.25, 0.3) is 5.69 Å². The zero-order valence-electron chi connectivity index (χ0n) is 10.8. The molecule has 2 aromatic rings. The highest BCUT2D eigenvalue weighted by atomic mass is 16.6. The molecule has 0 spiro atoms. The van der Waals surface area contributed by atoms with Crippen LogP contribution in [0.25, 0.3) is 0 Å². The minimum Gasteiger partial charge on any atom is -0.487 e. The Hall–Kier alpha value is -2.56. The highest BCUT2D eigenvalue weighted by molar-refractivity contribution is 5.64. The Kier molecular flexibility index (Phi) is 3.25. The van der Waals surface area contributed by atoms with Crippen molar-refractivity contribution in [3.63, 3.8) is 0 Å². The van der Waals surface area contributed by atoms with E-state index in [-0.39, 0.29) is 16.7 Å². The Morgan fingerprint density at radius 1 is 1.05 bits per heavy atom. The predicted molar refractivity (Wildman–Crippen MR) is 76.2 cm³/mol. The van der Waals surface area contributed by atoms with Gasteiger partial charge in [-0.1, -0.05) is 30.3 Å². The molecule has 0 atom stereocenters. The van der Waals surface area contributed by atoms with Crippen molar-refractivity contribution in [1.29, 1.82) is 0 Å². The van der Waals surface area contributed by atoms with E-state index in [0.717, 1.165) is 5.75 Å². The molecule has 0 bridgehead atoms. The lowest BCUT2D eigenvalue weighted by Gasteiger charge is -2.40. The molecule has 0 unspecified atom stereocenters. The van der Waals surface area contributed by atoms with Crippen molar-refractivity contribution < 1.29 is 9.66 Å². The lowest BCUT2D eigenvalue weighted by Crippen LogP contribution is -2.54. The van der Waals surface area contributed by atoms with Gasteiger partial charge in [0, 0.05) is 6.07 Å². The smallest absolute Gasteiger partial charge is 0.292 e. The molecule has 0 saturated carbocycles. The van der Waals surface area contributed by atoms with E-state index < -0.39 is 0 Å². The van der Waals surface area contributed by atoms with Crippen molar-refractivity contribution in [3.8, 4) is 5.75 Å². The first-order chi connectivity index (χ1) is 9.74. The quantitative estimate of drug-likeness (QED) is 0.633. The fourth-order valence-corrected chi connectivity index (χ4v) is 2.29. The maximum Gasteiger partial charge on any atom is 0.292 e. The number of hydrogen-bond donors (Lipinski definition) is 0. The van der Waals surface area contributed by atoms with Gasteiger partial charge in [0.2, 0.25) is 0 Å². The number of ether oxygens (including phenoxy) is 1. The van der Waals surface area contributed by atoms with Gasteiger partial charge in [-0.05, 0) is 18.2 Å². The molecule has 102 valence electrons. The Morgan fingerprint density at radius 2 is 1.70 bits per heavy atom. The van der Waals surface area contributed by atoms with Crippen LogP contribution in [0.3, 0.4) is 0 Å². The second-order valence-corrected chi connectivity index (χ2v) is 4.70. The van der Waals surface area contributed by atoms with Crippen LogP contribution < -0.4 is 9.64 Å². The highest BCUT2D eigenvalue weighted by Crippen LogP contribution is 2.31. The Bertz CT molecular complexity index is 610. The summed E-state index contributed by atoms with van der Waals surface area (Å²) in [4.78, 5) is 12.6. The van der Waals surface area contributed by atoms with Crippen molar-refractivity contribution >= 4 is 11.4 Å². The number of nitro groups is 1. The zero-order chi connectivity index (χ0) is 13.9. The van der Waals surface area contributed by atoms with Crippen molar-refractivity contribution in [1.82, 2.24) is 0 Å². The van der Waals surface area contributed by atoms with E-state index >= 15 is 0 Å². The molecule has 1 aliphatic rings. The third kappa shape index (κ3) is 2.42. The maximum absolute atomic E-state index is 11.0. The summed E-state index contributed by atoms with van der Waals surface area (Å²) in [5, 5.41) is 11.0. The molecule has 0 aromatic heterocycles. The second-order valence-electron chi connectivity index (χ2n) is 4.70. The van der Waals surface area contributed by atoms with E-state index in [9.17, 15) is 10.1 Å². The molecule has 0 radical (unpaired) electrons. The number of rotatable bonds is 4. The second kappa shape index (κ2) is 5.21. The molecule has 0 aliphatic carbocycles. The highest BCUT2D eigenvalue weighted by Gasteiger charge is 2.32. The molecule has 3 rings (SSSR count). The van der Waals surface area contributed by atoms with Gasteiger partial charge in [0.1, 0.15) is 17.5 Å². The molecular formula is C15H14N2O3. The molecule has 1 saturated heterocycles. The van der Waals surface area contributed by atoms with Crippen LogP contribution in [0.5, 0.6) is 5.75 Å². The standard InChI is InChI=1S/C15H14N2O3/c18-17(19)15-9-5-4-8-14(15)16-10-13(11-16)20-12-6-2-1-3-7-12/h1-9,13H,10-11H2. The summed E-state index contributed by atoms with van der Waals surface area (Å²) in [5.41, 5.74) is 0.802. The SMILES string of the molecule is O=[N+]([O-])c1ccccc1N1CC(Oc2ccccc2)C1. The van der Waals surface area contributed by atoms with Gasteiger partial charge in [0.05, 0.1) is 18.0 Å². The number of nitro benzene ring substituents is 1. The first kappa shape index (κ1) is 12.5. The first-order valence-corrected chi connectivity index (χ1v) is 6.44. The average Bonchev–Trinajstić information content (AvgIpc) is 2.43. The average molecular weight is 270 g/mol. The van der Waals surface area contributed by atoms with E-state index in [1.807, 2.05) is 41.3 Å². The van der Waals surface area contributed by atoms with Gasteiger partial charge < -0.3 is 9.64 Å². The molecule has 0 N–H and O–H groups in total. The largest absolute Gasteiger partial charge is 0.487 e. The van der Waals surface area contributed by atoms with Crippen LogP contribution in [0.1, 0.15) is 0 Å². The van der Waals surface area contributed by atoms with Crippen LogP contribution >= 0.6 is 0 Å². The molecular weight excluding hydrogens is 256 g/mol. The fraction of sp³-hybridized carbons (Fsp3) is 0.200. The third-order valence-corrected chi connectivity index (χ3v) is 3.31. The van der Waals surface area contributed by atoms with Crippen molar-refractivity contribution in [2.45, 2.75) is 6.10 Å². The summed E-state index contributed by atoms with van der Waals surface area (Å²) in [7, 11) is 0. The van der Waals surface area contributed by atoms with E-state index in [4.69, 9.17) is 4.74 Å². The van der Waals surface area contributed by atoms with Crippen LogP contribution in [0.2, 0.25) is 0 Å². The molecule has 1 aliphatic heterocycles. The monoisotopic (exact) mass is 270 g/mol. The molecule has 5 nitrogen and oxygen atoms in total. The van der Waals surface area contributed by atoms with Gasteiger partial charge in [-0.15, -0.1) is 0 Å². The van der Waals surface area contributed by atoms with E-state index in [1.165, 1.54) is 6.07 Å². The number of anilines is 1. The van der Waals surface area contributed by atoms with E-state index in [2.05, 4.69) is 0 Å². The lowest BCUT2D eigenvalue weighted by molar-refractivity contribution is -0.384. The van der Waals surface area contributed by atoms with E-state index in [1.54, 1.807) is 12.1 Å². The number of nitrogens with zero attached hydrogens (tertiary/aromatic N) is 2. The van der Waals surface area contributed by atoms with Gasteiger partial charge in [-0.2, -0.15) is 0 Å². The minimum absolute atomic E-state index is 0.0808. The molecule has 1 fully saturated rings. The fourth-order valence-electron chi connectivity index (χ4n) is 2.29. The zero-order valence-corrected chi connectivity index (χ0v) is 10.8. The normalized spacial score (nSPS) is 14.7. The number of hydrogen-bond acceptors (Lipinski definition) is 4. The molecule has 2 aromatic carbocycles. The maximum atomic E-state index is 11.0. The summed E-state index contributed by atoms with van der Waals surface area (Å²) in [6, 6.07) is 16.4. The molecule has 5 heteroatoms. The van der Waals surface area contributed by atoms with E-state index in [0.29, 0.717) is 18.8 Å². The third-order valence-electron chi connectivity index (χ3n) is 3.31. The topological polar surface area (TPSA) is 55.6 Å². The van der Waals surface area contributed by atoms with Crippen LogP contribution in [0.4, 0.5) is 11.4 Å². The number of para-hydroxylation sites is 3. The minimum atomic E-state index is -0.347. The van der Waals surface area contributed by atoms with Crippen LogP contribution in [0.15, 0.2) is 54.6 Å². The summed E-state index contributed by atoms with van der Waals surface area (Å²) in [5.74, 6) is 0.833. The van der Waals surface area contributed by atoms with Crippen LogP contribution in [0, 0.1) is 10.1 Å². The van der Waals surface area contributed by atoms with Crippen LogP contribution in [-0.4, -0.2) is 24.1 Å². The Morgan fingerprint density at radius 3 is 2.40 bits per heavy atom. The molecule has 20 heavy (non-hydrogen) atoms. The Balaban J connectivity index is 1.65. The van der Waals surface area contributed by atoms with Crippen LogP contribution in [-0.2, 0) is 0 Å². The lowest BCUT2D eigenvalue weighted by atomic mass is 10.1. The van der Waals surface area contributed by atoms with Crippen molar-refractivity contribution in [3.05, 3.63) is 64.7 Å². The van der Waals surface area contributed by atoms with Gasteiger partial charge in [-0.3, -0.25) is 10.1 Å². The summed E-state index contributed by atoms with van der Waals surface area (Å²) < 4.78 is 5.79. The Labute approximate surface area is 116 Å². The predicted octanol–water partition coefficient (Wildman–Crippen LogP) is 2.86. The summed E-state index contributed by atoms with van der Waals surface area (Å²) >= 11 is 0. The van der Waals surface area contributed by atoms with Gasteiger partial charge in [-0.25, -0.2) is 0 Å². The number of benzene rings is 2. The molecule has 0 amide bonds.